The Bertz CT molecular complexity index is 714. The van der Waals surface area contributed by atoms with Crippen LogP contribution in [0.15, 0.2) is 57.2 Å². The highest BCUT2D eigenvalue weighted by atomic mass is 79.9. The maximum absolute atomic E-state index is 12.0. The molecule has 4 nitrogen and oxygen atoms in total. The number of oxime groups is 1. The van der Waals surface area contributed by atoms with E-state index in [0.717, 1.165) is 4.47 Å². The zero-order valence-corrected chi connectivity index (χ0v) is 14.2. The minimum Gasteiger partial charge on any atom is -0.312 e. The molecule has 0 atom stereocenters. The Hall–Kier alpha value is -2.01. The summed E-state index contributed by atoms with van der Waals surface area (Å²) >= 11 is 3.30. The van der Waals surface area contributed by atoms with Crippen molar-refractivity contribution in [3.05, 3.63) is 57.6 Å². The molecule has 0 fully saturated rings. The molecule has 0 N–H and O–H groups in total. The van der Waals surface area contributed by atoms with Crippen LogP contribution < -0.4 is 0 Å². The summed E-state index contributed by atoms with van der Waals surface area (Å²) in [6.07, 6.45) is 3.19. The largest absolute Gasteiger partial charge is 0.365 e. The number of carbonyl (C=O) groups excluding carboxylic acids is 2. The van der Waals surface area contributed by atoms with Gasteiger partial charge in [-0.1, -0.05) is 41.0 Å². The van der Waals surface area contributed by atoms with Crippen molar-refractivity contribution in [3.63, 3.8) is 0 Å². The van der Waals surface area contributed by atoms with Crippen molar-refractivity contribution in [1.82, 2.24) is 0 Å². The van der Waals surface area contributed by atoms with E-state index in [-0.39, 0.29) is 11.7 Å². The monoisotopic (exact) mass is 361 g/mol. The van der Waals surface area contributed by atoms with Crippen LogP contribution in [0.4, 0.5) is 0 Å². The number of halogens is 1. The number of benzene rings is 1. The first-order valence-corrected chi connectivity index (χ1v) is 7.67. The molecule has 1 aromatic rings. The van der Waals surface area contributed by atoms with E-state index in [1.807, 2.05) is 19.9 Å². The molecule has 0 aliphatic heterocycles. The molecule has 0 spiro atoms. The zero-order chi connectivity index (χ0) is 16.3. The van der Waals surface area contributed by atoms with Gasteiger partial charge in [0.1, 0.15) is 5.71 Å². The van der Waals surface area contributed by atoms with E-state index in [1.54, 1.807) is 31.2 Å². The third-order valence-corrected chi connectivity index (χ3v) is 3.73. The van der Waals surface area contributed by atoms with Gasteiger partial charge >= 0.3 is 5.97 Å². The molecule has 0 aromatic heterocycles. The molecule has 22 heavy (non-hydrogen) atoms. The lowest BCUT2D eigenvalue weighted by Gasteiger charge is -2.14. The van der Waals surface area contributed by atoms with Crippen LogP contribution in [0.2, 0.25) is 0 Å². The van der Waals surface area contributed by atoms with Gasteiger partial charge in [-0.2, -0.15) is 0 Å². The SMILES string of the molecule is CC1=CC(=O)C(C(C)C)=C/C1=N\OC(=O)c1cccc(Br)c1. The molecule has 0 bridgehead atoms. The minimum atomic E-state index is -0.544. The number of rotatable bonds is 3. The van der Waals surface area contributed by atoms with Crippen LogP contribution in [0.5, 0.6) is 0 Å². The Labute approximate surface area is 137 Å². The quantitative estimate of drug-likeness (QED) is 0.463. The molecule has 0 saturated heterocycles. The van der Waals surface area contributed by atoms with Gasteiger partial charge in [-0.15, -0.1) is 0 Å². The Morgan fingerprint density at radius 2 is 2.00 bits per heavy atom. The van der Waals surface area contributed by atoms with Gasteiger partial charge in [-0.25, -0.2) is 4.79 Å². The first-order chi connectivity index (χ1) is 10.4. The fourth-order valence-corrected chi connectivity index (χ4v) is 2.39. The molecule has 0 unspecified atom stereocenters. The van der Waals surface area contributed by atoms with Gasteiger partial charge in [0.2, 0.25) is 0 Å². The van der Waals surface area contributed by atoms with Gasteiger partial charge in [0.05, 0.1) is 5.56 Å². The second-order valence-electron chi connectivity index (χ2n) is 5.31. The second kappa shape index (κ2) is 6.83. The van der Waals surface area contributed by atoms with Crippen LogP contribution in [0.25, 0.3) is 0 Å². The summed E-state index contributed by atoms with van der Waals surface area (Å²) in [6, 6.07) is 6.87. The highest BCUT2D eigenvalue weighted by Gasteiger charge is 2.19. The molecule has 114 valence electrons. The molecule has 1 aromatic carbocycles. The van der Waals surface area contributed by atoms with Crippen LogP contribution in [0.3, 0.4) is 0 Å². The molecule has 1 aliphatic carbocycles. The predicted molar refractivity (Wildman–Crippen MR) is 88.7 cm³/mol. The standard InChI is InChI=1S/C17H16BrNO3/c1-10(2)14-9-15(11(3)7-16(14)20)19-22-17(21)12-5-4-6-13(18)8-12/h4-10H,1-3H3/b19-15+. The van der Waals surface area contributed by atoms with Crippen molar-refractivity contribution in [3.8, 4) is 0 Å². The van der Waals surface area contributed by atoms with E-state index in [9.17, 15) is 9.59 Å². The van der Waals surface area contributed by atoms with Crippen LogP contribution in [0.1, 0.15) is 31.1 Å². The van der Waals surface area contributed by atoms with Crippen molar-refractivity contribution < 1.29 is 14.4 Å². The van der Waals surface area contributed by atoms with Crippen molar-refractivity contribution in [2.75, 3.05) is 0 Å². The number of ketones is 1. The van der Waals surface area contributed by atoms with Gasteiger partial charge in [-0.05, 0) is 48.8 Å². The minimum absolute atomic E-state index is 0.0234. The average Bonchev–Trinajstić information content (AvgIpc) is 2.45. The van der Waals surface area contributed by atoms with Gasteiger partial charge in [-0.3, -0.25) is 4.79 Å². The Balaban J connectivity index is 2.20. The predicted octanol–water partition coefficient (Wildman–Crippen LogP) is 4.07. The van der Waals surface area contributed by atoms with E-state index in [2.05, 4.69) is 21.1 Å². The molecule has 1 aliphatic rings. The first-order valence-electron chi connectivity index (χ1n) is 6.88. The van der Waals surface area contributed by atoms with E-state index in [4.69, 9.17) is 4.84 Å². The molecule has 0 heterocycles. The third-order valence-electron chi connectivity index (χ3n) is 3.24. The Morgan fingerprint density at radius 1 is 1.27 bits per heavy atom. The maximum Gasteiger partial charge on any atom is 0.365 e. The van der Waals surface area contributed by atoms with Gasteiger partial charge in [0.25, 0.3) is 0 Å². The van der Waals surface area contributed by atoms with Crippen molar-refractivity contribution in [1.29, 1.82) is 0 Å². The van der Waals surface area contributed by atoms with Gasteiger partial charge in [0, 0.05) is 10.0 Å². The number of nitrogens with zero attached hydrogens (tertiary/aromatic N) is 1. The van der Waals surface area contributed by atoms with E-state index in [0.29, 0.717) is 22.4 Å². The number of carbonyl (C=O) groups is 2. The van der Waals surface area contributed by atoms with E-state index >= 15 is 0 Å². The lowest BCUT2D eigenvalue weighted by Crippen LogP contribution is -2.16. The van der Waals surface area contributed by atoms with Crippen LogP contribution >= 0.6 is 15.9 Å². The molecular weight excluding hydrogens is 346 g/mol. The van der Waals surface area contributed by atoms with Gasteiger partial charge < -0.3 is 4.84 Å². The second-order valence-corrected chi connectivity index (χ2v) is 6.23. The van der Waals surface area contributed by atoms with Crippen LogP contribution in [0, 0.1) is 5.92 Å². The highest BCUT2D eigenvalue weighted by Crippen LogP contribution is 2.19. The lowest BCUT2D eigenvalue weighted by atomic mass is 9.90. The molecule has 0 saturated carbocycles. The lowest BCUT2D eigenvalue weighted by molar-refractivity contribution is -0.111. The van der Waals surface area contributed by atoms with Crippen LogP contribution in [-0.2, 0) is 9.63 Å². The summed E-state index contributed by atoms with van der Waals surface area (Å²) in [7, 11) is 0. The highest BCUT2D eigenvalue weighted by molar-refractivity contribution is 9.10. The number of hydrogen-bond donors (Lipinski definition) is 0. The fraction of sp³-hybridized carbons (Fsp3) is 0.235. The molecule has 2 rings (SSSR count). The third kappa shape index (κ3) is 3.80. The first kappa shape index (κ1) is 16.4. The summed E-state index contributed by atoms with van der Waals surface area (Å²) in [5.74, 6) is -0.481. The molecule has 5 heteroatoms. The maximum atomic E-state index is 12.0. The Morgan fingerprint density at radius 3 is 2.64 bits per heavy atom. The summed E-state index contributed by atoms with van der Waals surface area (Å²) < 4.78 is 0.788. The molecule has 0 radical (unpaired) electrons. The zero-order valence-electron chi connectivity index (χ0n) is 12.6. The van der Waals surface area contributed by atoms with E-state index in [1.165, 1.54) is 6.08 Å². The number of hydrogen-bond acceptors (Lipinski definition) is 4. The molecular formula is C17H16BrNO3. The number of allylic oxidation sites excluding steroid dienone is 4. The topological polar surface area (TPSA) is 55.7 Å². The van der Waals surface area contributed by atoms with Crippen molar-refractivity contribution in [2.24, 2.45) is 11.1 Å². The van der Waals surface area contributed by atoms with Crippen molar-refractivity contribution in [2.45, 2.75) is 20.8 Å². The average molecular weight is 362 g/mol. The van der Waals surface area contributed by atoms with E-state index < -0.39 is 5.97 Å². The van der Waals surface area contributed by atoms with Crippen molar-refractivity contribution >= 4 is 33.4 Å². The Kier molecular flexibility index (Phi) is 5.08. The fourth-order valence-electron chi connectivity index (χ4n) is 1.99. The molecule has 0 amide bonds. The summed E-state index contributed by atoms with van der Waals surface area (Å²) in [4.78, 5) is 28.8. The smallest absolute Gasteiger partial charge is 0.312 e. The van der Waals surface area contributed by atoms with Gasteiger partial charge in [0.15, 0.2) is 5.78 Å². The normalized spacial score (nSPS) is 16.6. The summed E-state index contributed by atoms with van der Waals surface area (Å²) in [5, 5.41) is 3.89. The van der Waals surface area contributed by atoms with Crippen LogP contribution in [-0.4, -0.2) is 17.5 Å². The summed E-state index contributed by atoms with van der Waals surface area (Å²) in [5.41, 5.74) is 2.23. The summed E-state index contributed by atoms with van der Waals surface area (Å²) in [6.45, 7) is 5.63.